The van der Waals surface area contributed by atoms with Gasteiger partial charge in [-0.15, -0.1) is 0 Å². The van der Waals surface area contributed by atoms with Crippen LogP contribution in [-0.2, 0) is 6.18 Å². The Kier molecular flexibility index (Phi) is 2.82. The average molecular weight is 257 g/mol. The number of carboxylic acid groups (broad SMARTS) is 1. The van der Waals surface area contributed by atoms with Crippen LogP contribution in [0.1, 0.15) is 16.1 Å². The molecular weight excluding hydrogens is 251 g/mol. The third-order valence-corrected chi connectivity index (χ3v) is 2.22. The molecule has 0 unspecified atom stereocenters. The van der Waals surface area contributed by atoms with Crippen molar-refractivity contribution in [1.82, 2.24) is 5.16 Å². The highest BCUT2D eigenvalue weighted by molar-refractivity contribution is 5.88. The van der Waals surface area contributed by atoms with Gasteiger partial charge in [-0.25, -0.2) is 4.79 Å². The summed E-state index contributed by atoms with van der Waals surface area (Å²) in [5.41, 5.74) is 0.386. The zero-order chi connectivity index (χ0) is 13.3. The number of carboxylic acids is 1. The van der Waals surface area contributed by atoms with Crippen LogP contribution in [0.25, 0.3) is 11.3 Å². The van der Waals surface area contributed by atoms with Crippen molar-refractivity contribution in [1.29, 1.82) is 0 Å². The van der Waals surface area contributed by atoms with E-state index in [1.807, 2.05) is 0 Å². The lowest BCUT2D eigenvalue weighted by molar-refractivity contribution is -0.155. The van der Waals surface area contributed by atoms with Gasteiger partial charge >= 0.3 is 12.1 Å². The fourth-order valence-corrected chi connectivity index (χ4v) is 1.33. The third kappa shape index (κ3) is 2.34. The molecule has 0 saturated carbocycles. The van der Waals surface area contributed by atoms with Crippen LogP contribution in [0.3, 0.4) is 0 Å². The molecule has 1 aromatic heterocycles. The van der Waals surface area contributed by atoms with E-state index in [0.717, 1.165) is 6.07 Å². The minimum absolute atomic E-state index is 0.000682. The van der Waals surface area contributed by atoms with E-state index < -0.39 is 17.9 Å². The van der Waals surface area contributed by atoms with E-state index in [0.29, 0.717) is 5.56 Å². The highest BCUT2D eigenvalue weighted by atomic mass is 19.4. The van der Waals surface area contributed by atoms with Crippen LogP contribution >= 0.6 is 0 Å². The van der Waals surface area contributed by atoms with Crippen LogP contribution in [0.15, 0.2) is 34.9 Å². The van der Waals surface area contributed by atoms with Crippen molar-refractivity contribution in [2.75, 3.05) is 0 Å². The Labute approximate surface area is 98.6 Å². The number of hydrogen-bond acceptors (Lipinski definition) is 3. The molecule has 2 rings (SSSR count). The molecule has 1 heterocycles. The standard InChI is InChI=1S/C11H6F3NO3/c12-11(13,14)9-5-8(15-18-9)6-1-3-7(4-2-6)10(16)17/h1-5H,(H,16,17). The van der Waals surface area contributed by atoms with E-state index >= 15 is 0 Å². The maximum atomic E-state index is 12.3. The predicted molar refractivity (Wildman–Crippen MR) is 53.9 cm³/mol. The lowest BCUT2D eigenvalue weighted by Gasteiger charge is -1.98. The van der Waals surface area contributed by atoms with E-state index in [9.17, 15) is 18.0 Å². The quantitative estimate of drug-likeness (QED) is 0.897. The number of nitrogens with zero attached hydrogens (tertiary/aromatic N) is 1. The molecule has 1 N–H and O–H groups in total. The maximum absolute atomic E-state index is 12.3. The number of benzene rings is 1. The van der Waals surface area contributed by atoms with Crippen molar-refractivity contribution >= 4 is 5.97 Å². The Morgan fingerprint density at radius 2 is 1.83 bits per heavy atom. The van der Waals surface area contributed by atoms with Crippen molar-refractivity contribution in [2.45, 2.75) is 6.18 Å². The molecule has 0 spiro atoms. The summed E-state index contributed by atoms with van der Waals surface area (Å²) in [6.07, 6.45) is -4.59. The monoisotopic (exact) mass is 257 g/mol. The van der Waals surface area contributed by atoms with Crippen molar-refractivity contribution in [2.24, 2.45) is 0 Å². The van der Waals surface area contributed by atoms with Gasteiger partial charge in [0.2, 0.25) is 5.76 Å². The summed E-state index contributed by atoms with van der Waals surface area (Å²) in [6.45, 7) is 0. The highest BCUT2D eigenvalue weighted by Crippen LogP contribution is 2.32. The van der Waals surface area contributed by atoms with E-state index in [-0.39, 0.29) is 11.3 Å². The van der Waals surface area contributed by atoms with E-state index in [4.69, 9.17) is 5.11 Å². The Bertz CT molecular complexity index is 572. The average Bonchev–Trinajstić information content (AvgIpc) is 2.78. The summed E-state index contributed by atoms with van der Waals surface area (Å²) in [4.78, 5) is 10.6. The molecule has 0 aliphatic carbocycles. The second-order valence-corrected chi connectivity index (χ2v) is 3.46. The largest absolute Gasteiger partial charge is 0.478 e. The molecule has 7 heteroatoms. The van der Waals surface area contributed by atoms with Crippen molar-refractivity contribution in [3.63, 3.8) is 0 Å². The molecule has 0 aliphatic heterocycles. The van der Waals surface area contributed by atoms with Crippen LogP contribution in [-0.4, -0.2) is 16.2 Å². The van der Waals surface area contributed by atoms with Crippen molar-refractivity contribution in [3.8, 4) is 11.3 Å². The number of hydrogen-bond donors (Lipinski definition) is 1. The van der Waals surface area contributed by atoms with Gasteiger partial charge in [-0.2, -0.15) is 13.2 Å². The fourth-order valence-electron chi connectivity index (χ4n) is 1.33. The maximum Gasteiger partial charge on any atom is 0.452 e. The van der Waals surface area contributed by atoms with Crippen LogP contribution < -0.4 is 0 Å². The van der Waals surface area contributed by atoms with Crippen molar-refractivity contribution < 1.29 is 27.6 Å². The summed E-state index contributed by atoms with van der Waals surface area (Å²) >= 11 is 0. The van der Waals surface area contributed by atoms with Crippen LogP contribution in [0.2, 0.25) is 0 Å². The van der Waals surface area contributed by atoms with E-state index in [1.54, 1.807) is 0 Å². The lowest BCUT2D eigenvalue weighted by atomic mass is 10.1. The second-order valence-electron chi connectivity index (χ2n) is 3.46. The van der Waals surface area contributed by atoms with E-state index in [2.05, 4.69) is 9.68 Å². The first-order valence-electron chi connectivity index (χ1n) is 4.75. The first kappa shape index (κ1) is 12.2. The molecule has 4 nitrogen and oxygen atoms in total. The Balaban J connectivity index is 2.32. The molecular formula is C11H6F3NO3. The first-order chi connectivity index (χ1) is 8.38. The zero-order valence-corrected chi connectivity index (χ0v) is 8.73. The number of alkyl halides is 3. The van der Waals surface area contributed by atoms with E-state index in [1.165, 1.54) is 24.3 Å². The SMILES string of the molecule is O=C(O)c1ccc(-c2cc(C(F)(F)F)on2)cc1. The molecule has 1 aromatic carbocycles. The molecule has 18 heavy (non-hydrogen) atoms. The molecule has 94 valence electrons. The van der Waals surface area contributed by atoms with Gasteiger partial charge in [-0.1, -0.05) is 17.3 Å². The van der Waals surface area contributed by atoms with Crippen LogP contribution in [0, 0.1) is 0 Å². The fraction of sp³-hybridized carbons (Fsp3) is 0.0909. The molecule has 2 aromatic rings. The highest BCUT2D eigenvalue weighted by Gasteiger charge is 2.36. The summed E-state index contributed by atoms with van der Waals surface area (Å²) in [6, 6.07) is 6.04. The van der Waals surface area contributed by atoms with Crippen molar-refractivity contribution in [3.05, 3.63) is 41.7 Å². The normalized spacial score (nSPS) is 11.5. The molecule has 0 aliphatic rings. The van der Waals surface area contributed by atoms with Gasteiger partial charge < -0.3 is 9.63 Å². The summed E-state index contributed by atoms with van der Waals surface area (Å²) in [5.74, 6) is -2.31. The van der Waals surface area contributed by atoms with Gasteiger partial charge in [0.05, 0.1) is 5.56 Å². The molecule has 0 radical (unpaired) electrons. The smallest absolute Gasteiger partial charge is 0.452 e. The number of halogens is 3. The molecule has 0 atom stereocenters. The molecule has 0 amide bonds. The van der Waals surface area contributed by atoms with Gasteiger partial charge in [-0.05, 0) is 12.1 Å². The number of rotatable bonds is 2. The number of aromatic nitrogens is 1. The Morgan fingerprint density at radius 3 is 2.28 bits per heavy atom. The van der Waals surface area contributed by atoms with Crippen LogP contribution in [0.5, 0.6) is 0 Å². The van der Waals surface area contributed by atoms with Gasteiger partial charge in [0, 0.05) is 11.6 Å². The third-order valence-electron chi connectivity index (χ3n) is 2.22. The number of aromatic carboxylic acids is 1. The summed E-state index contributed by atoms with van der Waals surface area (Å²) in [5, 5.41) is 12.0. The minimum atomic E-state index is -4.59. The summed E-state index contributed by atoms with van der Waals surface area (Å²) < 4.78 is 41.0. The Morgan fingerprint density at radius 1 is 1.22 bits per heavy atom. The second kappa shape index (κ2) is 4.17. The summed E-state index contributed by atoms with van der Waals surface area (Å²) in [7, 11) is 0. The molecule has 0 fully saturated rings. The molecule has 0 bridgehead atoms. The minimum Gasteiger partial charge on any atom is -0.478 e. The van der Waals surface area contributed by atoms with Gasteiger partial charge in [0.15, 0.2) is 0 Å². The predicted octanol–water partition coefficient (Wildman–Crippen LogP) is 3.06. The topological polar surface area (TPSA) is 63.3 Å². The van der Waals surface area contributed by atoms with Gasteiger partial charge in [0.25, 0.3) is 0 Å². The Hall–Kier alpha value is -2.31. The zero-order valence-electron chi connectivity index (χ0n) is 8.73. The molecule has 0 saturated heterocycles. The van der Waals surface area contributed by atoms with Gasteiger partial charge in [0.1, 0.15) is 5.69 Å². The van der Waals surface area contributed by atoms with Crippen LogP contribution in [0.4, 0.5) is 13.2 Å². The van der Waals surface area contributed by atoms with Gasteiger partial charge in [-0.3, -0.25) is 0 Å². The lowest BCUT2D eigenvalue weighted by Crippen LogP contribution is -2.02. The first-order valence-corrected chi connectivity index (χ1v) is 4.75. The number of carbonyl (C=O) groups is 1.